The van der Waals surface area contributed by atoms with E-state index in [4.69, 9.17) is 10.9 Å². The fraction of sp³-hybridized carbons (Fsp3) is 0.800. The molecule has 0 aromatic carbocycles. The number of amides is 1. The van der Waals surface area contributed by atoms with Crippen molar-refractivity contribution in [2.45, 2.75) is 26.7 Å². The zero-order valence-electron chi connectivity index (χ0n) is 9.23. The van der Waals surface area contributed by atoms with E-state index in [1.165, 1.54) is 6.42 Å². The number of amidine groups is 1. The van der Waals surface area contributed by atoms with Crippen molar-refractivity contribution in [3.8, 4) is 0 Å². The van der Waals surface area contributed by atoms with Gasteiger partial charge in [0.25, 0.3) is 0 Å². The molecule has 0 heterocycles. The smallest absolute Gasteiger partial charge is 0.230 e. The van der Waals surface area contributed by atoms with Crippen molar-refractivity contribution in [2.75, 3.05) is 6.54 Å². The zero-order chi connectivity index (χ0) is 11.4. The first-order valence-corrected chi connectivity index (χ1v) is 5.35. The molecule has 1 aliphatic carbocycles. The highest BCUT2D eigenvalue weighted by Crippen LogP contribution is 2.36. The summed E-state index contributed by atoms with van der Waals surface area (Å²) in [6.07, 6.45) is 1.72. The van der Waals surface area contributed by atoms with E-state index >= 15 is 0 Å². The van der Waals surface area contributed by atoms with Gasteiger partial charge >= 0.3 is 0 Å². The molecule has 0 saturated heterocycles. The predicted octanol–water partition coefficient (Wildman–Crippen LogP) is 0.531. The number of carbonyl (C=O) groups is 1. The lowest BCUT2D eigenvalue weighted by atomic mass is 10.0. The highest BCUT2D eigenvalue weighted by molar-refractivity contribution is 6.01. The second-order valence-electron chi connectivity index (χ2n) is 4.20. The van der Waals surface area contributed by atoms with E-state index in [1.54, 1.807) is 0 Å². The minimum Gasteiger partial charge on any atom is -0.409 e. The van der Waals surface area contributed by atoms with Crippen LogP contribution in [0, 0.1) is 17.8 Å². The third-order valence-electron chi connectivity index (χ3n) is 3.01. The van der Waals surface area contributed by atoms with Gasteiger partial charge in [0.15, 0.2) is 5.84 Å². The number of nitrogens with two attached hydrogens (primary N) is 1. The quantitative estimate of drug-likeness (QED) is 0.269. The van der Waals surface area contributed by atoms with Crippen LogP contribution in [0.1, 0.15) is 26.7 Å². The Balaban J connectivity index is 2.36. The maximum Gasteiger partial charge on any atom is 0.230 e. The maximum absolute atomic E-state index is 11.6. The molecule has 0 spiro atoms. The third-order valence-corrected chi connectivity index (χ3v) is 3.01. The van der Waals surface area contributed by atoms with Crippen LogP contribution in [0.3, 0.4) is 0 Å². The fourth-order valence-corrected chi connectivity index (χ4v) is 1.64. The lowest BCUT2D eigenvalue weighted by Crippen LogP contribution is -2.39. The Kier molecular flexibility index (Phi) is 3.94. The Morgan fingerprint density at radius 2 is 2.33 bits per heavy atom. The largest absolute Gasteiger partial charge is 0.409 e. The topological polar surface area (TPSA) is 87.7 Å². The van der Waals surface area contributed by atoms with Crippen molar-refractivity contribution in [3.63, 3.8) is 0 Å². The summed E-state index contributed by atoms with van der Waals surface area (Å²) >= 11 is 0. The maximum atomic E-state index is 11.6. The van der Waals surface area contributed by atoms with E-state index in [9.17, 15) is 4.79 Å². The van der Waals surface area contributed by atoms with Gasteiger partial charge in [0.2, 0.25) is 5.91 Å². The average Bonchev–Trinajstić information content (AvgIpc) is 2.92. The van der Waals surface area contributed by atoms with Gasteiger partial charge in [0, 0.05) is 6.54 Å². The molecule has 1 fully saturated rings. The Bertz CT molecular complexity index is 265. The van der Waals surface area contributed by atoms with Gasteiger partial charge in [0.05, 0.1) is 5.92 Å². The molecule has 0 aliphatic heterocycles. The molecule has 1 saturated carbocycles. The van der Waals surface area contributed by atoms with E-state index < -0.39 is 5.92 Å². The first kappa shape index (κ1) is 11.8. The van der Waals surface area contributed by atoms with Crippen molar-refractivity contribution in [2.24, 2.45) is 28.6 Å². The summed E-state index contributed by atoms with van der Waals surface area (Å²) in [5, 5.41) is 14.2. The zero-order valence-corrected chi connectivity index (χ0v) is 9.23. The summed E-state index contributed by atoms with van der Waals surface area (Å²) in [6.45, 7) is 4.70. The molecule has 86 valence electrons. The molecule has 1 rings (SSSR count). The predicted molar refractivity (Wildman–Crippen MR) is 57.5 cm³/mol. The molecule has 5 nitrogen and oxygen atoms in total. The van der Waals surface area contributed by atoms with Crippen LogP contribution in [0.15, 0.2) is 5.16 Å². The molecule has 4 N–H and O–H groups in total. The van der Waals surface area contributed by atoms with Crippen LogP contribution in [0.4, 0.5) is 0 Å². The lowest BCUT2D eigenvalue weighted by molar-refractivity contribution is -0.123. The van der Waals surface area contributed by atoms with Crippen LogP contribution in [0.5, 0.6) is 0 Å². The van der Waals surface area contributed by atoms with Gasteiger partial charge in [-0.1, -0.05) is 19.0 Å². The van der Waals surface area contributed by atoms with E-state index in [0.717, 1.165) is 0 Å². The molecule has 0 aromatic rings. The molecular weight excluding hydrogens is 194 g/mol. The molecule has 3 unspecified atom stereocenters. The Morgan fingerprint density at radius 1 is 1.73 bits per heavy atom. The van der Waals surface area contributed by atoms with Crippen LogP contribution in [-0.2, 0) is 4.79 Å². The molecule has 1 amide bonds. The number of hydrogen-bond acceptors (Lipinski definition) is 3. The van der Waals surface area contributed by atoms with Gasteiger partial charge in [-0.05, 0) is 24.7 Å². The number of carbonyl (C=O) groups excluding carboxylic acids is 1. The molecule has 1 aliphatic rings. The number of nitrogens with zero attached hydrogens (tertiary/aromatic N) is 1. The fourth-order valence-electron chi connectivity index (χ4n) is 1.64. The van der Waals surface area contributed by atoms with Crippen LogP contribution < -0.4 is 11.1 Å². The van der Waals surface area contributed by atoms with Crippen molar-refractivity contribution in [1.82, 2.24) is 5.32 Å². The monoisotopic (exact) mass is 213 g/mol. The summed E-state index contributed by atoms with van der Waals surface area (Å²) in [5.41, 5.74) is 5.42. The Morgan fingerprint density at radius 3 is 2.73 bits per heavy atom. The normalized spacial score (nSPS) is 27.2. The van der Waals surface area contributed by atoms with Gasteiger partial charge in [-0.3, -0.25) is 4.79 Å². The summed E-state index contributed by atoms with van der Waals surface area (Å²) < 4.78 is 0. The number of hydrogen-bond donors (Lipinski definition) is 3. The van der Waals surface area contributed by atoms with Crippen molar-refractivity contribution in [1.29, 1.82) is 0 Å². The van der Waals surface area contributed by atoms with E-state index in [0.29, 0.717) is 24.8 Å². The number of nitrogens with one attached hydrogen (secondary N) is 1. The highest BCUT2D eigenvalue weighted by atomic mass is 16.4. The molecule has 5 heteroatoms. The second-order valence-corrected chi connectivity index (χ2v) is 4.20. The summed E-state index contributed by atoms with van der Waals surface area (Å²) in [7, 11) is 0. The molecule has 0 bridgehead atoms. The molecule has 0 aromatic heterocycles. The van der Waals surface area contributed by atoms with Crippen molar-refractivity contribution < 1.29 is 10.0 Å². The van der Waals surface area contributed by atoms with E-state index in [1.807, 2.05) is 6.92 Å². The van der Waals surface area contributed by atoms with Gasteiger partial charge in [-0.25, -0.2) is 0 Å². The summed E-state index contributed by atoms with van der Waals surface area (Å²) in [4.78, 5) is 11.6. The molecule has 15 heavy (non-hydrogen) atoms. The Hall–Kier alpha value is -1.26. The lowest BCUT2D eigenvalue weighted by Gasteiger charge is -2.13. The van der Waals surface area contributed by atoms with Gasteiger partial charge in [-0.15, -0.1) is 0 Å². The average molecular weight is 213 g/mol. The minimum atomic E-state index is -0.510. The third kappa shape index (κ3) is 3.11. The van der Waals surface area contributed by atoms with Crippen molar-refractivity contribution >= 4 is 11.7 Å². The van der Waals surface area contributed by atoms with Crippen LogP contribution in [0.25, 0.3) is 0 Å². The van der Waals surface area contributed by atoms with Gasteiger partial charge < -0.3 is 16.3 Å². The summed E-state index contributed by atoms with van der Waals surface area (Å²) in [6, 6.07) is 0. The van der Waals surface area contributed by atoms with Gasteiger partial charge in [-0.2, -0.15) is 0 Å². The Labute approximate surface area is 89.7 Å². The second kappa shape index (κ2) is 5.00. The SMILES string of the molecule is CCC(C(=O)NCC1CC1C)C(N)=NO. The standard InChI is InChI=1S/C10H19N3O2/c1-3-8(9(11)13-15)10(14)12-5-7-4-6(7)2/h6-8,15H,3-5H2,1-2H3,(H2,11,13)(H,12,14). The van der Waals surface area contributed by atoms with Gasteiger partial charge in [0.1, 0.15) is 0 Å². The highest BCUT2D eigenvalue weighted by Gasteiger charge is 2.33. The van der Waals surface area contributed by atoms with Crippen molar-refractivity contribution in [3.05, 3.63) is 0 Å². The molecular formula is C10H19N3O2. The van der Waals surface area contributed by atoms with Crippen LogP contribution >= 0.6 is 0 Å². The first-order valence-electron chi connectivity index (χ1n) is 5.35. The van der Waals surface area contributed by atoms with E-state index in [2.05, 4.69) is 17.4 Å². The number of oxime groups is 1. The molecule has 3 atom stereocenters. The number of rotatable bonds is 5. The van der Waals surface area contributed by atoms with E-state index in [-0.39, 0.29) is 11.7 Å². The minimum absolute atomic E-state index is 0.0150. The molecule has 0 radical (unpaired) electrons. The van der Waals surface area contributed by atoms with Crippen LogP contribution in [-0.4, -0.2) is 23.5 Å². The summed E-state index contributed by atoms with van der Waals surface area (Å²) in [5.74, 6) is 0.655. The van der Waals surface area contributed by atoms with Crippen LogP contribution in [0.2, 0.25) is 0 Å². The first-order chi connectivity index (χ1) is 7.10.